The highest BCUT2D eigenvalue weighted by atomic mass is 19.1. The number of benzene rings is 2. The van der Waals surface area contributed by atoms with Crippen molar-refractivity contribution in [3.63, 3.8) is 0 Å². The molecule has 3 aromatic rings. The molecule has 0 saturated carbocycles. The number of halogens is 1. The number of anilines is 1. The van der Waals surface area contributed by atoms with E-state index in [4.69, 9.17) is 10.5 Å². The molecule has 1 aromatic heterocycles. The van der Waals surface area contributed by atoms with Gasteiger partial charge in [-0.15, -0.1) is 0 Å². The predicted octanol–water partition coefficient (Wildman–Crippen LogP) is 1.72. The molecule has 4 N–H and O–H groups in total. The Balaban J connectivity index is 1.61. The number of rotatable bonds is 5. The second kappa shape index (κ2) is 8.05. The standard InChI is InChI=1S/C21H19FN4O4/c22-13-3-7-15(8-4-13)30-14-5-1-12(2-6-14)21-24-16(20(23)29)9-19(25-21)26-10-17(27)18(28)11-26/h1-9,17-18,27-28H,10-11H2,(H2,23,29)/t17-,18-/m0/s1. The van der Waals surface area contributed by atoms with E-state index in [0.717, 1.165) is 0 Å². The number of aliphatic hydroxyl groups excluding tert-OH is 2. The van der Waals surface area contributed by atoms with Gasteiger partial charge in [0.25, 0.3) is 5.91 Å². The number of carbonyl (C=O) groups excluding carboxylic acids is 1. The zero-order valence-corrected chi connectivity index (χ0v) is 15.8. The Morgan fingerprint density at radius 2 is 1.57 bits per heavy atom. The van der Waals surface area contributed by atoms with Crippen LogP contribution in [0, 0.1) is 5.82 Å². The third-order valence-corrected chi connectivity index (χ3v) is 4.71. The van der Waals surface area contributed by atoms with Crippen molar-refractivity contribution in [3.05, 3.63) is 66.1 Å². The van der Waals surface area contributed by atoms with Crippen LogP contribution in [-0.2, 0) is 0 Å². The van der Waals surface area contributed by atoms with E-state index in [0.29, 0.717) is 22.9 Å². The van der Waals surface area contributed by atoms with Crippen LogP contribution in [0.3, 0.4) is 0 Å². The number of aliphatic hydroxyl groups is 2. The Hall–Kier alpha value is -3.56. The lowest BCUT2D eigenvalue weighted by atomic mass is 10.2. The van der Waals surface area contributed by atoms with Gasteiger partial charge in [-0.05, 0) is 48.5 Å². The number of hydrogen-bond acceptors (Lipinski definition) is 7. The second-order valence-corrected chi connectivity index (χ2v) is 6.92. The molecule has 1 fully saturated rings. The van der Waals surface area contributed by atoms with E-state index >= 15 is 0 Å². The molecule has 0 bridgehead atoms. The van der Waals surface area contributed by atoms with Crippen LogP contribution in [0.1, 0.15) is 10.5 Å². The topological polar surface area (TPSA) is 122 Å². The number of carbonyl (C=O) groups is 1. The molecule has 4 rings (SSSR count). The summed E-state index contributed by atoms with van der Waals surface area (Å²) in [5.74, 6) is 0.614. The lowest BCUT2D eigenvalue weighted by Crippen LogP contribution is -2.24. The summed E-state index contributed by atoms with van der Waals surface area (Å²) in [4.78, 5) is 22.1. The summed E-state index contributed by atoms with van der Waals surface area (Å²) in [5.41, 5.74) is 6.05. The molecule has 2 atom stereocenters. The Kier molecular flexibility index (Phi) is 5.30. The quantitative estimate of drug-likeness (QED) is 0.585. The fourth-order valence-electron chi connectivity index (χ4n) is 3.12. The maximum Gasteiger partial charge on any atom is 0.267 e. The molecule has 1 aliphatic rings. The molecule has 0 spiro atoms. The highest BCUT2D eigenvalue weighted by Crippen LogP contribution is 2.27. The Morgan fingerprint density at radius 3 is 2.13 bits per heavy atom. The molecule has 30 heavy (non-hydrogen) atoms. The van der Waals surface area contributed by atoms with Gasteiger partial charge in [-0.3, -0.25) is 4.79 Å². The van der Waals surface area contributed by atoms with Crippen molar-refractivity contribution in [1.82, 2.24) is 9.97 Å². The summed E-state index contributed by atoms with van der Waals surface area (Å²) >= 11 is 0. The number of β-amino-alcohol motifs (C(OH)–C–C–N with tert-alkyl or cyclic N) is 2. The van der Waals surface area contributed by atoms with Crippen LogP contribution in [0.25, 0.3) is 11.4 Å². The fraction of sp³-hybridized carbons (Fsp3) is 0.190. The molecule has 2 heterocycles. The first-order valence-electron chi connectivity index (χ1n) is 9.23. The minimum atomic E-state index is -0.900. The first-order chi connectivity index (χ1) is 14.4. The van der Waals surface area contributed by atoms with E-state index < -0.39 is 18.1 Å². The lowest BCUT2D eigenvalue weighted by molar-refractivity contribution is 0.0572. The van der Waals surface area contributed by atoms with Gasteiger partial charge < -0.3 is 25.6 Å². The van der Waals surface area contributed by atoms with Crippen LogP contribution >= 0.6 is 0 Å². The molecule has 9 heteroatoms. The van der Waals surface area contributed by atoms with Gasteiger partial charge in [0.1, 0.15) is 28.8 Å². The average molecular weight is 410 g/mol. The minimum Gasteiger partial charge on any atom is -0.457 e. The summed E-state index contributed by atoms with van der Waals surface area (Å²) in [7, 11) is 0. The van der Waals surface area contributed by atoms with Crippen molar-refractivity contribution in [1.29, 1.82) is 0 Å². The van der Waals surface area contributed by atoms with Gasteiger partial charge in [0.15, 0.2) is 5.82 Å². The van der Waals surface area contributed by atoms with Gasteiger partial charge in [0, 0.05) is 24.7 Å². The molecule has 154 valence electrons. The molecule has 2 aromatic carbocycles. The van der Waals surface area contributed by atoms with Crippen LogP contribution in [0.15, 0.2) is 54.6 Å². The molecule has 0 unspecified atom stereocenters. The SMILES string of the molecule is NC(=O)c1cc(N2C[C@H](O)[C@@H](O)C2)nc(-c2ccc(Oc3ccc(F)cc3)cc2)n1. The third kappa shape index (κ3) is 4.22. The molecule has 1 aliphatic heterocycles. The van der Waals surface area contributed by atoms with Gasteiger partial charge in [-0.25, -0.2) is 14.4 Å². The fourth-order valence-corrected chi connectivity index (χ4v) is 3.12. The third-order valence-electron chi connectivity index (χ3n) is 4.71. The first kappa shape index (κ1) is 19.7. The zero-order chi connectivity index (χ0) is 21.3. The number of amides is 1. The number of hydrogen-bond donors (Lipinski definition) is 3. The van der Waals surface area contributed by atoms with Gasteiger partial charge in [0.05, 0.1) is 12.2 Å². The summed E-state index contributed by atoms with van der Waals surface area (Å²) in [5, 5.41) is 19.6. The molecular weight excluding hydrogens is 391 g/mol. The lowest BCUT2D eigenvalue weighted by Gasteiger charge is -2.17. The number of ether oxygens (including phenoxy) is 1. The second-order valence-electron chi connectivity index (χ2n) is 6.92. The van der Waals surface area contributed by atoms with Gasteiger partial charge in [-0.2, -0.15) is 0 Å². The molecule has 0 radical (unpaired) electrons. The van der Waals surface area contributed by atoms with Crippen molar-refractivity contribution in [2.24, 2.45) is 5.73 Å². The number of aromatic nitrogens is 2. The van der Waals surface area contributed by atoms with Crippen molar-refractivity contribution in [2.45, 2.75) is 12.2 Å². The number of nitrogens with zero attached hydrogens (tertiary/aromatic N) is 3. The monoisotopic (exact) mass is 410 g/mol. The maximum atomic E-state index is 13.0. The van der Waals surface area contributed by atoms with Crippen LogP contribution in [-0.4, -0.2) is 51.4 Å². The highest BCUT2D eigenvalue weighted by molar-refractivity contribution is 5.92. The van der Waals surface area contributed by atoms with Crippen molar-refractivity contribution < 1.29 is 24.1 Å². The van der Waals surface area contributed by atoms with Gasteiger partial charge >= 0.3 is 0 Å². The van der Waals surface area contributed by atoms with E-state index in [9.17, 15) is 19.4 Å². The Labute approximate surface area is 171 Å². The van der Waals surface area contributed by atoms with E-state index in [1.54, 1.807) is 29.2 Å². The maximum absolute atomic E-state index is 13.0. The highest BCUT2D eigenvalue weighted by Gasteiger charge is 2.31. The smallest absolute Gasteiger partial charge is 0.267 e. The number of nitrogens with two attached hydrogens (primary N) is 1. The number of primary amides is 1. The van der Waals surface area contributed by atoms with Crippen LogP contribution in [0.5, 0.6) is 11.5 Å². The Morgan fingerprint density at radius 1 is 1.00 bits per heavy atom. The molecule has 1 saturated heterocycles. The summed E-state index contributed by atoms with van der Waals surface area (Å²) in [6, 6.07) is 13.9. The molecule has 8 nitrogen and oxygen atoms in total. The first-order valence-corrected chi connectivity index (χ1v) is 9.23. The van der Waals surface area contributed by atoms with Crippen LogP contribution < -0.4 is 15.4 Å². The van der Waals surface area contributed by atoms with Crippen LogP contribution in [0.2, 0.25) is 0 Å². The van der Waals surface area contributed by atoms with Crippen molar-refractivity contribution in [2.75, 3.05) is 18.0 Å². The molecule has 1 amide bonds. The molecule has 0 aliphatic carbocycles. The van der Waals surface area contributed by atoms with Gasteiger partial charge in [-0.1, -0.05) is 0 Å². The predicted molar refractivity (Wildman–Crippen MR) is 107 cm³/mol. The average Bonchev–Trinajstić information content (AvgIpc) is 3.08. The van der Waals surface area contributed by atoms with Gasteiger partial charge in [0.2, 0.25) is 0 Å². The van der Waals surface area contributed by atoms with E-state index in [-0.39, 0.29) is 30.4 Å². The largest absolute Gasteiger partial charge is 0.457 e. The van der Waals surface area contributed by atoms with Crippen molar-refractivity contribution >= 4 is 11.7 Å². The summed E-state index contributed by atoms with van der Waals surface area (Å²) < 4.78 is 18.7. The zero-order valence-electron chi connectivity index (χ0n) is 15.8. The van der Waals surface area contributed by atoms with E-state index in [1.165, 1.54) is 30.3 Å². The summed E-state index contributed by atoms with van der Waals surface area (Å²) in [6.07, 6.45) is -1.80. The van der Waals surface area contributed by atoms with Crippen molar-refractivity contribution in [3.8, 4) is 22.9 Å². The van der Waals surface area contributed by atoms with E-state index in [1.807, 2.05) is 0 Å². The minimum absolute atomic E-state index is 0.0255. The molecular formula is C21H19FN4O4. The van der Waals surface area contributed by atoms with E-state index in [2.05, 4.69) is 9.97 Å². The Bertz CT molecular complexity index is 1050. The summed E-state index contributed by atoms with van der Waals surface area (Å²) in [6.45, 7) is 0.362. The normalized spacial score (nSPS) is 18.4. The van der Waals surface area contributed by atoms with Crippen LogP contribution in [0.4, 0.5) is 10.2 Å².